The molecule has 0 aromatic heterocycles. The zero-order chi connectivity index (χ0) is 30.5. The molecule has 0 aliphatic rings. The summed E-state index contributed by atoms with van der Waals surface area (Å²) < 4.78 is 129. The summed E-state index contributed by atoms with van der Waals surface area (Å²) in [6.45, 7) is -2.13. The van der Waals surface area contributed by atoms with Crippen molar-refractivity contribution in [3.63, 3.8) is 0 Å². The Balaban J connectivity index is 2.45. The first-order valence-electron chi connectivity index (χ1n) is 14.3. The zero-order valence-corrected chi connectivity index (χ0v) is 14.1. The molecule has 1 unspecified atom stereocenters. The van der Waals surface area contributed by atoms with Crippen LogP contribution in [0.1, 0.15) is 49.5 Å². The van der Waals surface area contributed by atoms with E-state index in [2.05, 4.69) is 0 Å². The van der Waals surface area contributed by atoms with Gasteiger partial charge in [0.05, 0.1) is 34.0 Å². The normalized spacial score (nSPS) is 22.9. The van der Waals surface area contributed by atoms with Gasteiger partial charge in [-0.05, 0) is 61.4 Å². The second-order valence-electron chi connectivity index (χ2n) is 4.72. The van der Waals surface area contributed by atoms with Gasteiger partial charge in [-0.15, -0.1) is 0 Å². The summed E-state index contributed by atoms with van der Waals surface area (Å²) in [5, 5.41) is 10.6. The Morgan fingerprint density at radius 2 is 1.96 bits per heavy atom. The molecule has 0 heterocycles. The average Bonchev–Trinajstić information content (AvgIpc) is 2.84. The van der Waals surface area contributed by atoms with Gasteiger partial charge in [0.2, 0.25) is 0 Å². The topological polar surface area (TPSA) is 47.9 Å². The molecule has 2 aromatic rings. The highest BCUT2D eigenvalue weighted by molar-refractivity contribution is 5.42. The van der Waals surface area contributed by atoms with Crippen LogP contribution in [0.15, 0.2) is 42.3 Å². The van der Waals surface area contributed by atoms with E-state index in [1.807, 2.05) is 0 Å². The van der Waals surface area contributed by atoms with Crippen LogP contribution in [0.25, 0.3) is 0 Å². The lowest BCUT2D eigenvalue weighted by Crippen LogP contribution is -2.17. The van der Waals surface area contributed by atoms with Gasteiger partial charge in [-0.1, -0.05) is 24.5 Å². The maximum Gasteiger partial charge on any atom is 0.160 e. The highest BCUT2D eigenvalue weighted by Crippen LogP contribution is 2.28. The minimum atomic E-state index is -3.40. The molecule has 2 rings (SSSR count). The van der Waals surface area contributed by atoms with E-state index in [0.717, 1.165) is 14.2 Å². The van der Waals surface area contributed by atoms with Crippen LogP contribution in [0.3, 0.4) is 0 Å². The monoisotopic (exact) mass is 358 g/mol. The van der Waals surface area contributed by atoms with Crippen molar-refractivity contribution in [2.24, 2.45) is 0 Å². The number of rotatable bonds is 10. The lowest BCUT2D eigenvalue weighted by Gasteiger charge is -2.13. The highest BCUT2D eigenvalue weighted by atomic mass is 16.5. The van der Waals surface area contributed by atoms with Gasteiger partial charge >= 0.3 is 0 Å². The molecule has 0 aliphatic carbocycles. The standard InChI is InChI=1S/C21H28O4/c1-16-7-6-10-19(13-16)25-15-18(22)9-5-4-8-17-11-12-20(23-2)21(14-17)24-3/h6-7,10-14,18,22H,4-5,8-9,15H2,1-3H3/i4D2,6D,7D,8D2,10D,11D,12D,13D,14D,15D2,18D. The van der Waals surface area contributed by atoms with E-state index in [9.17, 15) is 5.11 Å². The third kappa shape index (κ3) is 6.31. The van der Waals surface area contributed by atoms with Gasteiger partial charge in [0.15, 0.2) is 11.5 Å². The Morgan fingerprint density at radius 1 is 1.16 bits per heavy atom. The lowest BCUT2D eigenvalue weighted by molar-refractivity contribution is 0.0976. The Morgan fingerprint density at radius 3 is 2.72 bits per heavy atom. The first-order chi connectivity index (χ1) is 17.6. The van der Waals surface area contributed by atoms with E-state index >= 15 is 0 Å². The van der Waals surface area contributed by atoms with Crippen LogP contribution in [-0.4, -0.2) is 32.0 Å². The second-order valence-corrected chi connectivity index (χ2v) is 4.72. The van der Waals surface area contributed by atoms with Gasteiger partial charge in [0.1, 0.15) is 12.3 Å². The van der Waals surface area contributed by atoms with Crippen LogP contribution >= 0.6 is 0 Å². The molecule has 0 spiro atoms. The minimum absolute atomic E-state index is 0.110. The third-order valence-electron chi connectivity index (χ3n) is 2.85. The van der Waals surface area contributed by atoms with Gasteiger partial charge in [-0.3, -0.25) is 0 Å². The van der Waals surface area contributed by atoms with Crippen molar-refractivity contribution in [3.8, 4) is 17.2 Å². The molecule has 0 radical (unpaired) electrons. The van der Waals surface area contributed by atoms with Gasteiger partial charge < -0.3 is 19.3 Å². The Bertz CT molecular complexity index is 1230. The van der Waals surface area contributed by atoms with Gasteiger partial charge in [0.25, 0.3) is 0 Å². The summed E-state index contributed by atoms with van der Waals surface area (Å²) in [5.74, 6) is -1.55. The van der Waals surface area contributed by atoms with Gasteiger partial charge in [-0.2, -0.15) is 0 Å². The van der Waals surface area contributed by atoms with E-state index < -0.39 is 97.6 Å². The number of aliphatic hydroxyl groups is 1. The molecule has 25 heavy (non-hydrogen) atoms. The van der Waals surface area contributed by atoms with E-state index in [-0.39, 0.29) is 11.3 Å². The Labute approximate surface area is 170 Å². The van der Waals surface area contributed by atoms with Crippen molar-refractivity contribution >= 4 is 0 Å². The van der Waals surface area contributed by atoms with E-state index in [0.29, 0.717) is 0 Å². The van der Waals surface area contributed by atoms with Crippen LogP contribution in [0.2, 0.25) is 0 Å². The van der Waals surface area contributed by atoms with Crippen molar-refractivity contribution in [2.75, 3.05) is 20.8 Å². The Hall–Kier alpha value is -2.20. The first-order valence-corrected chi connectivity index (χ1v) is 7.31. The summed E-state index contributed by atoms with van der Waals surface area (Å²) in [4.78, 5) is 0. The summed E-state index contributed by atoms with van der Waals surface area (Å²) in [5.41, 5.74) is -0.963. The predicted octanol–water partition coefficient (Wildman–Crippen LogP) is 4.16. The molecule has 1 atom stereocenters. The maximum atomic E-state index is 10.6. The fraction of sp³-hybridized carbons (Fsp3) is 0.429. The summed E-state index contributed by atoms with van der Waals surface area (Å²) in [6.07, 6.45) is -11.6. The molecule has 0 amide bonds. The number of benzene rings is 2. The average molecular weight is 359 g/mol. The van der Waals surface area contributed by atoms with E-state index in [1.165, 1.54) is 6.92 Å². The maximum absolute atomic E-state index is 10.6. The van der Waals surface area contributed by atoms with Crippen molar-refractivity contribution in [2.45, 2.75) is 38.6 Å². The molecule has 2 aromatic carbocycles. The molecule has 4 nitrogen and oxygen atoms in total. The van der Waals surface area contributed by atoms with Crippen molar-refractivity contribution in [3.05, 3.63) is 53.4 Å². The summed E-state index contributed by atoms with van der Waals surface area (Å²) >= 11 is 0. The number of hydrogen-bond acceptors (Lipinski definition) is 4. The van der Waals surface area contributed by atoms with E-state index in [4.69, 9.17) is 33.4 Å². The highest BCUT2D eigenvalue weighted by Gasteiger charge is 2.07. The molecule has 0 fully saturated rings. The molecular weight excluding hydrogens is 316 g/mol. The van der Waals surface area contributed by atoms with E-state index in [1.54, 1.807) is 0 Å². The van der Waals surface area contributed by atoms with Crippen LogP contribution < -0.4 is 14.2 Å². The quantitative estimate of drug-likeness (QED) is 0.693. The molecule has 0 bridgehead atoms. The van der Waals surface area contributed by atoms with Crippen LogP contribution in [-0.2, 0) is 6.37 Å². The third-order valence-corrected chi connectivity index (χ3v) is 2.85. The summed E-state index contributed by atoms with van der Waals surface area (Å²) in [7, 11) is 2.26. The zero-order valence-electron chi connectivity index (χ0n) is 28.1. The molecule has 0 saturated carbocycles. The number of ether oxygens (including phenoxy) is 3. The SMILES string of the molecule is [2H]c1c([2H])c(C)c([2H])c(OC([2H])([2H])C([2H])(O)CCC([2H])([2H])C([2H])([2H])c2c([2H])c([2H])c(OC)c(OC)c2[2H])c1[2H]. The van der Waals surface area contributed by atoms with Crippen LogP contribution in [0.5, 0.6) is 17.2 Å². The molecule has 4 heteroatoms. The van der Waals surface area contributed by atoms with Gasteiger partial charge in [-0.25, -0.2) is 0 Å². The summed E-state index contributed by atoms with van der Waals surface area (Å²) in [6, 6.07) is -4.84. The largest absolute Gasteiger partial charge is 0.493 e. The second kappa shape index (κ2) is 9.94. The Kier molecular flexibility index (Phi) is 3.02. The lowest BCUT2D eigenvalue weighted by atomic mass is 10.0. The number of hydrogen-bond donors (Lipinski definition) is 1. The molecule has 136 valence electrons. The minimum Gasteiger partial charge on any atom is -0.493 e. The van der Waals surface area contributed by atoms with Crippen LogP contribution in [0, 0.1) is 6.92 Å². The molecule has 1 N–H and O–H groups in total. The van der Waals surface area contributed by atoms with Crippen molar-refractivity contribution in [1.82, 2.24) is 0 Å². The smallest absolute Gasteiger partial charge is 0.160 e. The van der Waals surface area contributed by atoms with Gasteiger partial charge in [0, 0.05) is 5.48 Å². The first kappa shape index (κ1) is 7.58. The fourth-order valence-electron chi connectivity index (χ4n) is 1.69. The fourth-order valence-corrected chi connectivity index (χ4v) is 1.69. The molecular formula is C21H28O4. The molecule has 0 aliphatic heterocycles. The van der Waals surface area contributed by atoms with Crippen molar-refractivity contribution in [1.29, 1.82) is 0 Å². The van der Waals surface area contributed by atoms with Crippen LogP contribution in [0.4, 0.5) is 0 Å². The molecule has 0 saturated heterocycles. The predicted molar refractivity (Wildman–Crippen MR) is 99.8 cm³/mol. The number of methoxy groups -OCH3 is 2. The van der Waals surface area contributed by atoms with Crippen molar-refractivity contribution < 1.29 is 38.5 Å².